The number of benzene rings is 2. The SMILES string of the molecule is CCC(Nc1ccc(OC)c(F)c1)c1cccc(Cl)c1. The summed E-state index contributed by atoms with van der Waals surface area (Å²) in [5.41, 5.74) is 1.80. The molecule has 0 aliphatic heterocycles. The molecule has 0 aromatic heterocycles. The Balaban J connectivity index is 2.20. The summed E-state index contributed by atoms with van der Waals surface area (Å²) in [6.07, 6.45) is 0.869. The largest absolute Gasteiger partial charge is 0.494 e. The monoisotopic (exact) mass is 293 g/mol. The molecule has 0 heterocycles. The molecule has 0 aliphatic carbocycles. The molecule has 20 heavy (non-hydrogen) atoms. The second-order valence-corrected chi connectivity index (χ2v) is 4.95. The molecular weight excluding hydrogens is 277 g/mol. The lowest BCUT2D eigenvalue weighted by Crippen LogP contribution is -2.09. The van der Waals surface area contributed by atoms with Gasteiger partial charge in [-0.15, -0.1) is 0 Å². The van der Waals surface area contributed by atoms with Crippen molar-refractivity contribution in [3.05, 3.63) is 58.9 Å². The molecule has 0 fully saturated rings. The number of anilines is 1. The molecule has 0 saturated heterocycles. The van der Waals surface area contributed by atoms with Gasteiger partial charge in [0.15, 0.2) is 11.6 Å². The Morgan fingerprint density at radius 3 is 2.65 bits per heavy atom. The number of methoxy groups -OCH3 is 1. The quantitative estimate of drug-likeness (QED) is 0.833. The molecule has 0 saturated carbocycles. The van der Waals surface area contributed by atoms with Crippen molar-refractivity contribution >= 4 is 17.3 Å². The maximum Gasteiger partial charge on any atom is 0.167 e. The van der Waals surface area contributed by atoms with E-state index in [0.29, 0.717) is 5.02 Å². The van der Waals surface area contributed by atoms with Crippen LogP contribution in [0, 0.1) is 5.82 Å². The average Bonchev–Trinajstić information content (AvgIpc) is 2.45. The normalized spacial score (nSPS) is 12.0. The first-order chi connectivity index (χ1) is 9.63. The van der Waals surface area contributed by atoms with E-state index in [-0.39, 0.29) is 17.6 Å². The Hall–Kier alpha value is -1.74. The summed E-state index contributed by atoms with van der Waals surface area (Å²) >= 11 is 6.01. The lowest BCUT2D eigenvalue weighted by Gasteiger charge is -2.19. The molecule has 2 aromatic rings. The van der Waals surface area contributed by atoms with Gasteiger partial charge in [-0.1, -0.05) is 30.7 Å². The van der Waals surface area contributed by atoms with Gasteiger partial charge in [0.05, 0.1) is 13.2 Å². The highest BCUT2D eigenvalue weighted by Gasteiger charge is 2.11. The summed E-state index contributed by atoms with van der Waals surface area (Å²) in [7, 11) is 1.45. The first-order valence-corrected chi connectivity index (χ1v) is 6.87. The topological polar surface area (TPSA) is 21.3 Å². The lowest BCUT2D eigenvalue weighted by molar-refractivity contribution is 0.386. The van der Waals surface area contributed by atoms with Crippen LogP contribution in [-0.2, 0) is 0 Å². The molecule has 2 aromatic carbocycles. The molecule has 4 heteroatoms. The van der Waals surface area contributed by atoms with Crippen molar-refractivity contribution in [2.75, 3.05) is 12.4 Å². The minimum absolute atomic E-state index is 0.0847. The third-order valence-corrected chi connectivity index (χ3v) is 3.39. The number of hydrogen-bond donors (Lipinski definition) is 1. The molecule has 2 rings (SSSR count). The molecule has 2 nitrogen and oxygen atoms in total. The molecule has 0 spiro atoms. The number of hydrogen-bond acceptors (Lipinski definition) is 2. The lowest BCUT2D eigenvalue weighted by atomic mass is 10.0. The van der Waals surface area contributed by atoms with E-state index in [4.69, 9.17) is 16.3 Å². The highest BCUT2D eigenvalue weighted by molar-refractivity contribution is 6.30. The first-order valence-electron chi connectivity index (χ1n) is 6.49. The molecule has 1 N–H and O–H groups in total. The Bertz CT molecular complexity index is 588. The molecular formula is C16H17ClFNO. The summed E-state index contributed by atoms with van der Waals surface area (Å²) in [6, 6.07) is 12.6. The van der Waals surface area contributed by atoms with Crippen LogP contribution in [0.1, 0.15) is 24.9 Å². The Labute approximate surface area is 123 Å². The van der Waals surface area contributed by atoms with Gasteiger partial charge >= 0.3 is 0 Å². The molecule has 0 bridgehead atoms. The van der Waals surface area contributed by atoms with Crippen molar-refractivity contribution in [3.63, 3.8) is 0 Å². The summed E-state index contributed by atoms with van der Waals surface area (Å²) < 4.78 is 18.6. The van der Waals surface area contributed by atoms with Gasteiger partial charge in [0.25, 0.3) is 0 Å². The van der Waals surface area contributed by atoms with Crippen molar-refractivity contribution in [1.29, 1.82) is 0 Å². The van der Waals surface area contributed by atoms with Crippen LogP contribution in [0.15, 0.2) is 42.5 Å². The second-order valence-electron chi connectivity index (χ2n) is 4.51. The number of rotatable bonds is 5. The van der Waals surface area contributed by atoms with Crippen molar-refractivity contribution < 1.29 is 9.13 Å². The Morgan fingerprint density at radius 2 is 2.05 bits per heavy atom. The summed E-state index contributed by atoms with van der Waals surface area (Å²) in [4.78, 5) is 0. The highest BCUT2D eigenvalue weighted by atomic mass is 35.5. The fraction of sp³-hybridized carbons (Fsp3) is 0.250. The van der Waals surface area contributed by atoms with Crippen molar-refractivity contribution in [2.24, 2.45) is 0 Å². The summed E-state index contributed by atoms with van der Waals surface area (Å²) in [5.74, 6) is -0.134. The van der Waals surface area contributed by atoms with Gasteiger partial charge in [0, 0.05) is 16.8 Å². The molecule has 106 valence electrons. The maximum atomic E-state index is 13.7. The Kier molecular flexibility index (Phi) is 4.85. The minimum Gasteiger partial charge on any atom is -0.494 e. The van der Waals surface area contributed by atoms with E-state index in [0.717, 1.165) is 17.7 Å². The molecule has 0 radical (unpaired) electrons. The van der Waals surface area contributed by atoms with Crippen molar-refractivity contribution in [3.8, 4) is 5.75 Å². The number of halogens is 2. The molecule has 0 aliphatic rings. The van der Waals surface area contributed by atoms with Crippen molar-refractivity contribution in [2.45, 2.75) is 19.4 Å². The van der Waals surface area contributed by atoms with E-state index < -0.39 is 0 Å². The molecule has 1 unspecified atom stereocenters. The maximum absolute atomic E-state index is 13.7. The minimum atomic E-state index is -0.376. The molecule has 1 atom stereocenters. The van der Waals surface area contributed by atoms with E-state index >= 15 is 0 Å². The van der Waals surface area contributed by atoms with Crippen molar-refractivity contribution in [1.82, 2.24) is 0 Å². The van der Waals surface area contributed by atoms with Gasteiger partial charge in [-0.25, -0.2) is 4.39 Å². The first kappa shape index (κ1) is 14.7. The zero-order valence-electron chi connectivity index (χ0n) is 11.5. The fourth-order valence-corrected chi connectivity index (χ4v) is 2.30. The predicted molar refractivity (Wildman–Crippen MR) is 81.1 cm³/mol. The second kappa shape index (κ2) is 6.62. The third-order valence-electron chi connectivity index (χ3n) is 3.15. The van der Waals surface area contributed by atoms with Crippen LogP contribution in [0.3, 0.4) is 0 Å². The average molecular weight is 294 g/mol. The summed E-state index contributed by atoms with van der Waals surface area (Å²) in [5, 5.41) is 4.01. The highest BCUT2D eigenvalue weighted by Crippen LogP contribution is 2.27. The van der Waals surface area contributed by atoms with Crippen LogP contribution < -0.4 is 10.1 Å². The van der Waals surface area contributed by atoms with Gasteiger partial charge in [0.2, 0.25) is 0 Å². The smallest absolute Gasteiger partial charge is 0.167 e. The van der Waals surface area contributed by atoms with Gasteiger partial charge in [-0.05, 0) is 36.2 Å². The number of ether oxygens (including phenoxy) is 1. The summed E-state index contributed by atoms with van der Waals surface area (Å²) in [6.45, 7) is 2.07. The molecule has 0 amide bonds. The standard InChI is InChI=1S/C16H17ClFNO/c1-3-15(11-5-4-6-12(17)9-11)19-13-7-8-16(20-2)14(18)10-13/h4-10,15,19H,3H2,1-2H3. The van der Waals surface area contributed by atoms with Gasteiger partial charge < -0.3 is 10.1 Å². The zero-order chi connectivity index (χ0) is 14.5. The van der Waals surface area contributed by atoms with E-state index in [1.807, 2.05) is 24.3 Å². The van der Waals surface area contributed by atoms with E-state index in [9.17, 15) is 4.39 Å². The van der Waals surface area contributed by atoms with E-state index in [1.165, 1.54) is 13.2 Å². The van der Waals surface area contributed by atoms with Crippen LogP contribution in [0.2, 0.25) is 5.02 Å². The fourth-order valence-electron chi connectivity index (χ4n) is 2.10. The van der Waals surface area contributed by atoms with Gasteiger partial charge in [0.1, 0.15) is 0 Å². The van der Waals surface area contributed by atoms with Crippen LogP contribution in [0.4, 0.5) is 10.1 Å². The van der Waals surface area contributed by atoms with Crippen LogP contribution in [0.25, 0.3) is 0 Å². The number of nitrogens with one attached hydrogen (secondary N) is 1. The van der Waals surface area contributed by atoms with Gasteiger partial charge in [-0.2, -0.15) is 0 Å². The zero-order valence-corrected chi connectivity index (χ0v) is 12.2. The van der Waals surface area contributed by atoms with Crippen LogP contribution >= 0.6 is 11.6 Å². The van der Waals surface area contributed by atoms with Crippen LogP contribution in [-0.4, -0.2) is 7.11 Å². The third kappa shape index (κ3) is 3.42. The van der Waals surface area contributed by atoms with Crippen LogP contribution in [0.5, 0.6) is 5.75 Å². The predicted octanol–water partition coefficient (Wildman–Crippen LogP) is 5.05. The van der Waals surface area contributed by atoms with Gasteiger partial charge in [-0.3, -0.25) is 0 Å². The Morgan fingerprint density at radius 1 is 1.25 bits per heavy atom. The van der Waals surface area contributed by atoms with E-state index in [2.05, 4.69) is 12.2 Å². The van der Waals surface area contributed by atoms with E-state index in [1.54, 1.807) is 12.1 Å².